The molecule has 7 nitrogen and oxygen atoms in total. The maximum atomic E-state index is 12.1. The standard InChI is InChI=1S/C29H34N2O5/c32-29(14-8-3-9-20-35-21-18-24-10-4-1-5-11-24)30-19-17-25-15-16-28(27(22-25)31(33)34)36-23-26-12-6-2-7-13-26/h1-2,4-7,10-13,15-16,22H,3,8-9,14,17-21,23H2,(H,30,32). The van der Waals surface area contributed by atoms with Gasteiger partial charge in [-0.15, -0.1) is 0 Å². The highest BCUT2D eigenvalue weighted by atomic mass is 16.6. The van der Waals surface area contributed by atoms with Gasteiger partial charge in [-0.1, -0.05) is 73.2 Å². The van der Waals surface area contributed by atoms with Crippen LogP contribution in [-0.4, -0.2) is 30.6 Å². The van der Waals surface area contributed by atoms with Gasteiger partial charge in [0, 0.05) is 25.6 Å². The second kappa shape index (κ2) is 15.3. The zero-order chi connectivity index (χ0) is 25.4. The van der Waals surface area contributed by atoms with Crippen molar-refractivity contribution in [2.75, 3.05) is 19.8 Å². The van der Waals surface area contributed by atoms with Gasteiger partial charge in [0.2, 0.25) is 5.91 Å². The Balaban J connectivity index is 1.28. The summed E-state index contributed by atoms with van der Waals surface area (Å²) in [6.45, 7) is 2.11. The number of hydrogen-bond acceptors (Lipinski definition) is 5. The molecule has 0 radical (unpaired) electrons. The second-order valence-corrected chi connectivity index (χ2v) is 8.59. The number of amides is 1. The Kier molecular flexibility index (Phi) is 11.4. The van der Waals surface area contributed by atoms with Gasteiger partial charge in [-0.3, -0.25) is 14.9 Å². The Morgan fingerprint density at radius 1 is 0.806 bits per heavy atom. The summed E-state index contributed by atoms with van der Waals surface area (Å²) >= 11 is 0. The second-order valence-electron chi connectivity index (χ2n) is 8.59. The van der Waals surface area contributed by atoms with Crippen LogP contribution in [-0.2, 0) is 29.0 Å². The highest BCUT2D eigenvalue weighted by molar-refractivity contribution is 5.75. The molecule has 3 rings (SSSR count). The van der Waals surface area contributed by atoms with Crippen LogP contribution in [0.2, 0.25) is 0 Å². The number of unbranched alkanes of at least 4 members (excludes halogenated alkanes) is 2. The maximum Gasteiger partial charge on any atom is 0.311 e. The largest absolute Gasteiger partial charge is 0.482 e. The van der Waals surface area contributed by atoms with Crippen LogP contribution in [0, 0.1) is 10.1 Å². The van der Waals surface area contributed by atoms with Crippen molar-refractivity contribution in [1.29, 1.82) is 0 Å². The van der Waals surface area contributed by atoms with E-state index in [1.165, 1.54) is 11.6 Å². The number of rotatable bonds is 16. The van der Waals surface area contributed by atoms with Crippen LogP contribution in [0.4, 0.5) is 5.69 Å². The lowest BCUT2D eigenvalue weighted by molar-refractivity contribution is -0.386. The van der Waals surface area contributed by atoms with Crippen LogP contribution in [0.3, 0.4) is 0 Å². The van der Waals surface area contributed by atoms with Crippen LogP contribution >= 0.6 is 0 Å². The molecule has 190 valence electrons. The summed E-state index contributed by atoms with van der Waals surface area (Å²) in [6.07, 6.45) is 4.58. The Bertz CT molecular complexity index is 1070. The molecule has 0 aliphatic rings. The summed E-state index contributed by atoms with van der Waals surface area (Å²) in [5.74, 6) is 0.234. The van der Waals surface area contributed by atoms with E-state index in [-0.39, 0.29) is 24.0 Å². The number of hydrogen-bond donors (Lipinski definition) is 1. The third-order valence-corrected chi connectivity index (χ3v) is 5.76. The summed E-state index contributed by atoms with van der Waals surface area (Å²) < 4.78 is 11.3. The fraction of sp³-hybridized carbons (Fsp3) is 0.345. The molecule has 0 atom stereocenters. The van der Waals surface area contributed by atoms with Crippen LogP contribution in [0.1, 0.15) is 42.4 Å². The molecule has 0 aliphatic heterocycles. The molecule has 1 amide bonds. The Morgan fingerprint density at radius 3 is 2.25 bits per heavy atom. The first-order chi connectivity index (χ1) is 17.6. The fourth-order valence-electron chi connectivity index (χ4n) is 3.76. The molecule has 0 bridgehead atoms. The summed E-state index contributed by atoms with van der Waals surface area (Å²) in [5, 5.41) is 14.4. The Morgan fingerprint density at radius 2 is 1.53 bits per heavy atom. The molecular weight excluding hydrogens is 456 g/mol. The minimum absolute atomic E-state index is 0.00249. The van der Waals surface area contributed by atoms with E-state index in [9.17, 15) is 14.9 Å². The number of benzene rings is 3. The van der Waals surface area contributed by atoms with E-state index in [4.69, 9.17) is 9.47 Å². The van der Waals surface area contributed by atoms with Gasteiger partial charge in [0.15, 0.2) is 5.75 Å². The predicted molar refractivity (Wildman–Crippen MR) is 140 cm³/mol. The summed E-state index contributed by atoms with van der Waals surface area (Å²) in [5.41, 5.74) is 2.92. The van der Waals surface area contributed by atoms with Gasteiger partial charge < -0.3 is 14.8 Å². The molecular formula is C29H34N2O5. The van der Waals surface area contributed by atoms with Crippen LogP contribution in [0.25, 0.3) is 0 Å². The number of carbonyl (C=O) groups excluding carboxylic acids is 1. The SMILES string of the molecule is O=C(CCCCCOCCc1ccccc1)NCCc1ccc(OCc2ccccc2)c([N+](=O)[O-])c1. The minimum Gasteiger partial charge on any atom is -0.482 e. The molecule has 36 heavy (non-hydrogen) atoms. The smallest absolute Gasteiger partial charge is 0.311 e. The van der Waals surface area contributed by atoms with Crippen LogP contribution in [0.5, 0.6) is 5.75 Å². The van der Waals surface area contributed by atoms with E-state index in [1.54, 1.807) is 12.1 Å². The zero-order valence-electron chi connectivity index (χ0n) is 20.6. The number of carbonyl (C=O) groups is 1. The third-order valence-electron chi connectivity index (χ3n) is 5.76. The van der Waals surface area contributed by atoms with Gasteiger partial charge in [-0.25, -0.2) is 0 Å². The summed E-state index contributed by atoms with van der Waals surface area (Å²) in [7, 11) is 0. The van der Waals surface area contributed by atoms with Gasteiger partial charge in [0.05, 0.1) is 11.5 Å². The van der Waals surface area contributed by atoms with Crippen molar-refractivity contribution in [2.45, 2.75) is 45.1 Å². The highest BCUT2D eigenvalue weighted by Crippen LogP contribution is 2.29. The van der Waals surface area contributed by atoms with Gasteiger partial charge in [0.25, 0.3) is 0 Å². The minimum atomic E-state index is -0.437. The topological polar surface area (TPSA) is 90.7 Å². The highest BCUT2D eigenvalue weighted by Gasteiger charge is 2.16. The first-order valence-electron chi connectivity index (χ1n) is 12.4. The number of nitrogens with zero attached hydrogens (tertiary/aromatic N) is 1. The lowest BCUT2D eigenvalue weighted by Crippen LogP contribution is -2.25. The normalized spacial score (nSPS) is 10.7. The average molecular weight is 491 g/mol. The van der Waals surface area contributed by atoms with E-state index in [1.807, 2.05) is 48.5 Å². The van der Waals surface area contributed by atoms with Crippen LogP contribution in [0.15, 0.2) is 78.9 Å². The predicted octanol–water partition coefficient (Wildman–Crippen LogP) is 5.65. The number of ether oxygens (including phenoxy) is 2. The zero-order valence-corrected chi connectivity index (χ0v) is 20.6. The van der Waals surface area contributed by atoms with E-state index in [0.29, 0.717) is 32.6 Å². The Labute approximate surface area is 212 Å². The van der Waals surface area contributed by atoms with Crippen molar-refractivity contribution < 1.29 is 19.2 Å². The molecule has 0 saturated carbocycles. The van der Waals surface area contributed by atoms with Gasteiger partial charge in [-0.05, 0) is 48.4 Å². The van der Waals surface area contributed by atoms with Crippen molar-refractivity contribution in [3.63, 3.8) is 0 Å². The molecule has 0 saturated heterocycles. The number of nitrogens with one attached hydrogen (secondary N) is 1. The number of nitro benzene ring substituents is 1. The van der Waals surface area contributed by atoms with Crippen molar-refractivity contribution in [1.82, 2.24) is 5.32 Å². The van der Waals surface area contributed by atoms with Gasteiger partial charge in [0.1, 0.15) is 6.61 Å². The lowest BCUT2D eigenvalue weighted by Gasteiger charge is -2.09. The molecule has 3 aromatic carbocycles. The third kappa shape index (κ3) is 9.88. The maximum absolute atomic E-state index is 12.1. The molecule has 0 unspecified atom stereocenters. The quantitative estimate of drug-likeness (QED) is 0.159. The molecule has 3 aromatic rings. The molecule has 0 aliphatic carbocycles. The fourth-order valence-corrected chi connectivity index (χ4v) is 3.76. The van der Waals surface area contributed by atoms with Crippen molar-refractivity contribution in [2.24, 2.45) is 0 Å². The first kappa shape index (κ1) is 26.9. The van der Waals surface area contributed by atoms with Crippen molar-refractivity contribution >= 4 is 11.6 Å². The van der Waals surface area contributed by atoms with Gasteiger partial charge >= 0.3 is 5.69 Å². The first-order valence-corrected chi connectivity index (χ1v) is 12.4. The average Bonchev–Trinajstić information content (AvgIpc) is 2.90. The van der Waals surface area contributed by atoms with E-state index < -0.39 is 4.92 Å². The molecule has 0 fully saturated rings. The molecule has 0 aromatic heterocycles. The summed E-state index contributed by atoms with van der Waals surface area (Å²) in [6, 6.07) is 24.7. The monoisotopic (exact) mass is 490 g/mol. The number of nitro groups is 1. The van der Waals surface area contributed by atoms with Gasteiger partial charge in [-0.2, -0.15) is 0 Å². The van der Waals surface area contributed by atoms with E-state index in [0.717, 1.165) is 36.8 Å². The molecule has 7 heteroatoms. The molecule has 0 spiro atoms. The Hall–Kier alpha value is -3.71. The summed E-state index contributed by atoms with van der Waals surface area (Å²) in [4.78, 5) is 23.2. The van der Waals surface area contributed by atoms with Crippen molar-refractivity contribution in [3.05, 3.63) is 106 Å². The lowest BCUT2D eigenvalue weighted by atomic mass is 10.1. The van der Waals surface area contributed by atoms with Crippen molar-refractivity contribution in [3.8, 4) is 5.75 Å². The van der Waals surface area contributed by atoms with E-state index in [2.05, 4.69) is 17.4 Å². The molecule has 1 N–H and O–H groups in total. The van der Waals surface area contributed by atoms with Crippen LogP contribution < -0.4 is 10.1 Å². The molecule has 0 heterocycles. The van der Waals surface area contributed by atoms with E-state index >= 15 is 0 Å².